The predicted octanol–water partition coefficient (Wildman–Crippen LogP) is 3.36. The quantitative estimate of drug-likeness (QED) is 0.547. The maximum Gasteiger partial charge on any atom is 0.349 e. The second-order valence-electron chi connectivity index (χ2n) is 7.00. The van der Waals surface area contributed by atoms with Crippen molar-refractivity contribution in [1.82, 2.24) is 10.4 Å². The van der Waals surface area contributed by atoms with E-state index in [1.54, 1.807) is 29.3 Å². The van der Waals surface area contributed by atoms with Gasteiger partial charge in [-0.15, -0.1) is 0 Å². The monoisotopic (exact) mass is 371 g/mol. The summed E-state index contributed by atoms with van der Waals surface area (Å²) in [6.45, 7) is 2.62. The first-order valence-electron chi connectivity index (χ1n) is 9.10. The fraction of sp³-hybridized carbons (Fsp3) is 0.136. The number of hydrazine groups is 1. The fourth-order valence-corrected chi connectivity index (χ4v) is 3.58. The Balaban J connectivity index is 1.49. The Morgan fingerprint density at radius 3 is 2.86 bits per heavy atom. The van der Waals surface area contributed by atoms with E-state index < -0.39 is 11.5 Å². The van der Waals surface area contributed by atoms with Gasteiger partial charge in [-0.2, -0.15) is 0 Å². The predicted molar refractivity (Wildman–Crippen MR) is 107 cm³/mol. The molecule has 4 aromatic rings. The highest BCUT2D eigenvalue weighted by atomic mass is 16.4. The molecule has 1 amide bonds. The highest BCUT2D eigenvalue weighted by Gasteiger charge is 2.25. The van der Waals surface area contributed by atoms with Gasteiger partial charge in [-0.25, -0.2) is 9.78 Å². The van der Waals surface area contributed by atoms with Gasteiger partial charge < -0.3 is 4.42 Å². The van der Waals surface area contributed by atoms with Crippen molar-refractivity contribution in [3.63, 3.8) is 0 Å². The van der Waals surface area contributed by atoms with Crippen molar-refractivity contribution in [2.75, 3.05) is 11.6 Å². The number of para-hydroxylation sites is 1. The molecular formula is C22H17N3O3. The van der Waals surface area contributed by atoms with Gasteiger partial charge in [0.1, 0.15) is 11.1 Å². The van der Waals surface area contributed by atoms with Gasteiger partial charge in [-0.05, 0) is 48.7 Å². The van der Waals surface area contributed by atoms with Crippen LogP contribution < -0.4 is 16.1 Å². The molecule has 0 fully saturated rings. The number of rotatable bonds is 2. The van der Waals surface area contributed by atoms with Crippen molar-refractivity contribution < 1.29 is 9.21 Å². The van der Waals surface area contributed by atoms with Crippen LogP contribution in [-0.4, -0.2) is 17.4 Å². The number of aryl methyl sites for hydroxylation is 1. The van der Waals surface area contributed by atoms with E-state index >= 15 is 0 Å². The molecule has 0 radical (unpaired) electrons. The van der Waals surface area contributed by atoms with E-state index in [-0.39, 0.29) is 5.56 Å². The molecular weight excluding hydrogens is 354 g/mol. The third-order valence-electron chi connectivity index (χ3n) is 5.01. The summed E-state index contributed by atoms with van der Waals surface area (Å²) in [6, 6.07) is 16.9. The van der Waals surface area contributed by atoms with Crippen LogP contribution in [0.4, 0.5) is 5.82 Å². The van der Waals surface area contributed by atoms with Crippen LogP contribution in [0.5, 0.6) is 0 Å². The zero-order valence-corrected chi connectivity index (χ0v) is 15.2. The van der Waals surface area contributed by atoms with E-state index in [4.69, 9.17) is 9.40 Å². The van der Waals surface area contributed by atoms with Crippen LogP contribution >= 0.6 is 0 Å². The van der Waals surface area contributed by atoms with Crippen LogP contribution in [-0.2, 0) is 6.42 Å². The number of nitrogens with one attached hydrogen (secondary N) is 1. The van der Waals surface area contributed by atoms with Gasteiger partial charge >= 0.3 is 5.63 Å². The molecule has 0 atom stereocenters. The van der Waals surface area contributed by atoms with Crippen molar-refractivity contribution in [3.05, 3.63) is 81.7 Å². The van der Waals surface area contributed by atoms with E-state index in [0.29, 0.717) is 17.5 Å². The van der Waals surface area contributed by atoms with Gasteiger partial charge in [0, 0.05) is 17.3 Å². The van der Waals surface area contributed by atoms with E-state index in [0.717, 1.165) is 34.3 Å². The minimum Gasteiger partial charge on any atom is -0.422 e. The lowest BCUT2D eigenvalue weighted by Gasteiger charge is -2.19. The van der Waals surface area contributed by atoms with Crippen LogP contribution in [0.15, 0.2) is 63.8 Å². The Bertz CT molecular complexity index is 1310. The number of anilines is 1. The van der Waals surface area contributed by atoms with Gasteiger partial charge in [0.2, 0.25) is 0 Å². The third-order valence-corrected chi connectivity index (χ3v) is 5.01. The zero-order chi connectivity index (χ0) is 19.3. The summed E-state index contributed by atoms with van der Waals surface area (Å²) in [4.78, 5) is 29.7. The molecule has 0 saturated heterocycles. The number of pyridine rings is 1. The molecule has 1 aliphatic rings. The maximum absolute atomic E-state index is 12.8. The average Bonchev–Trinajstić information content (AvgIpc) is 3.07. The molecule has 1 N–H and O–H groups in total. The number of nitrogens with zero attached hydrogens (tertiary/aromatic N) is 2. The molecule has 3 heterocycles. The number of aromatic nitrogens is 1. The summed E-state index contributed by atoms with van der Waals surface area (Å²) < 4.78 is 5.27. The topological polar surface area (TPSA) is 75.4 Å². The normalized spacial score (nSPS) is 13.1. The van der Waals surface area contributed by atoms with Crippen LogP contribution in [0.3, 0.4) is 0 Å². The zero-order valence-electron chi connectivity index (χ0n) is 15.2. The first kappa shape index (κ1) is 16.5. The lowest BCUT2D eigenvalue weighted by molar-refractivity contribution is 0.0946. The van der Waals surface area contributed by atoms with Crippen molar-refractivity contribution in [1.29, 1.82) is 0 Å². The van der Waals surface area contributed by atoms with E-state index in [2.05, 4.69) is 23.6 Å². The first-order chi connectivity index (χ1) is 13.6. The summed E-state index contributed by atoms with van der Waals surface area (Å²) in [6.07, 6.45) is 0.777. The number of carbonyl (C=O) groups is 1. The molecule has 2 aromatic heterocycles. The smallest absolute Gasteiger partial charge is 0.349 e. The molecule has 2 aromatic carbocycles. The maximum atomic E-state index is 12.8. The number of amides is 1. The van der Waals surface area contributed by atoms with E-state index in [1.165, 1.54) is 0 Å². The van der Waals surface area contributed by atoms with Crippen LogP contribution in [0.2, 0.25) is 0 Å². The summed E-state index contributed by atoms with van der Waals surface area (Å²) in [5, 5.41) is 3.48. The Morgan fingerprint density at radius 2 is 1.96 bits per heavy atom. The fourth-order valence-electron chi connectivity index (χ4n) is 3.58. The molecule has 6 nitrogen and oxygen atoms in total. The van der Waals surface area contributed by atoms with Crippen LogP contribution in [0.25, 0.3) is 21.9 Å². The lowest BCUT2D eigenvalue weighted by atomic mass is 10.1. The van der Waals surface area contributed by atoms with Gasteiger partial charge in [-0.3, -0.25) is 15.2 Å². The molecule has 138 valence electrons. The van der Waals surface area contributed by atoms with Crippen molar-refractivity contribution in [3.8, 4) is 0 Å². The molecule has 0 unspecified atom stereocenters. The largest absolute Gasteiger partial charge is 0.422 e. The molecule has 6 heteroatoms. The number of benzene rings is 2. The SMILES string of the molecule is Cc1ccc2cc3c(nc2c1)N(NC(=O)c1cc2ccccc2oc1=O)CC3. The number of fused-ring (bicyclic) bond motifs is 3. The Hall–Kier alpha value is -3.67. The molecule has 1 aliphatic heterocycles. The lowest BCUT2D eigenvalue weighted by Crippen LogP contribution is -2.43. The van der Waals surface area contributed by atoms with Gasteiger partial charge in [0.15, 0.2) is 5.82 Å². The van der Waals surface area contributed by atoms with Crippen LogP contribution in [0.1, 0.15) is 21.5 Å². The second kappa shape index (κ2) is 6.20. The van der Waals surface area contributed by atoms with E-state index in [1.807, 2.05) is 19.1 Å². The molecule has 28 heavy (non-hydrogen) atoms. The first-order valence-corrected chi connectivity index (χ1v) is 9.10. The minimum absolute atomic E-state index is 0.0243. The number of hydrogen-bond acceptors (Lipinski definition) is 5. The Kier molecular flexibility index (Phi) is 3.65. The van der Waals surface area contributed by atoms with Crippen molar-refractivity contribution in [2.45, 2.75) is 13.3 Å². The van der Waals surface area contributed by atoms with Gasteiger partial charge in [-0.1, -0.05) is 30.3 Å². The molecule has 0 saturated carbocycles. The Morgan fingerprint density at radius 1 is 1.11 bits per heavy atom. The number of carbonyl (C=O) groups excluding carboxylic acids is 1. The second-order valence-corrected chi connectivity index (χ2v) is 7.00. The summed E-state index contributed by atoms with van der Waals surface area (Å²) >= 11 is 0. The molecule has 0 bridgehead atoms. The molecule has 0 spiro atoms. The number of hydrogen-bond donors (Lipinski definition) is 1. The Labute approximate surface area is 160 Å². The van der Waals surface area contributed by atoms with Crippen molar-refractivity contribution >= 4 is 33.6 Å². The molecule has 5 rings (SSSR count). The molecule has 0 aliphatic carbocycles. The minimum atomic E-state index is -0.655. The third kappa shape index (κ3) is 2.70. The van der Waals surface area contributed by atoms with Crippen molar-refractivity contribution in [2.24, 2.45) is 0 Å². The average molecular weight is 371 g/mol. The van der Waals surface area contributed by atoms with Crippen LogP contribution in [0, 0.1) is 6.92 Å². The van der Waals surface area contributed by atoms with E-state index in [9.17, 15) is 9.59 Å². The summed E-state index contributed by atoms with van der Waals surface area (Å²) in [7, 11) is 0. The summed E-state index contributed by atoms with van der Waals surface area (Å²) in [5.74, 6) is 0.218. The summed E-state index contributed by atoms with van der Waals surface area (Å²) in [5.41, 5.74) is 5.66. The van der Waals surface area contributed by atoms with Gasteiger partial charge in [0.05, 0.1) is 5.52 Å². The standard InChI is InChI=1S/C22H17N3O3/c1-13-6-7-14-11-16-8-9-25(20(16)23-18(14)10-13)24-21(26)17-12-15-4-2-3-5-19(15)28-22(17)27/h2-7,10-12H,8-9H2,1H3,(H,24,26). The van der Waals surface area contributed by atoms with Gasteiger partial charge in [0.25, 0.3) is 5.91 Å². The highest BCUT2D eigenvalue weighted by Crippen LogP contribution is 2.28. The highest BCUT2D eigenvalue weighted by molar-refractivity contribution is 5.97.